The fourth-order valence-corrected chi connectivity index (χ4v) is 3.45. The normalized spacial score (nSPS) is 15.0. The highest BCUT2D eigenvalue weighted by Gasteiger charge is 2.18. The lowest BCUT2D eigenvalue weighted by Gasteiger charge is -2.27. The molecule has 4 rings (SSSR count). The lowest BCUT2D eigenvalue weighted by molar-refractivity contribution is 0.0736. The second-order valence-electron chi connectivity index (χ2n) is 7.11. The summed E-state index contributed by atoms with van der Waals surface area (Å²) in [6, 6.07) is 12.5. The number of hydrogen-bond donors (Lipinski definition) is 3. The van der Waals surface area contributed by atoms with E-state index in [1.54, 1.807) is 29.2 Å². The fraction of sp³-hybridized carbons (Fsp3) is 0.182. The zero-order valence-corrected chi connectivity index (χ0v) is 16.6. The van der Waals surface area contributed by atoms with E-state index in [0.29, 0.717) is 35.2 Å². The molecular weight excluding hydrogens is 399 g/mol. The van der Waals surface area contributed by atoms with Crippen molar-refractivity contribution in [3.63, 3.8) is 0 Å². The van der Waals surface area contributed by atoms with Crippen molar-refractivity contribution in [2.45, 2.75) is 0 Å². The molecule has 1 aromatic heterocycles. The standard InChI is InChI=1S/C22H21FN6O2/c23-16-4-5-19-15(10-16)12-18(21(30)27-19)20(28-24)13-26-17-3-1-2-14(11-17)22(31)29-8-6-25-7-9-29/h1-5,10-13,25H,6-9,24H2,(H,27,30). The van der Waals surface area contributed by atoms with Gasteiger partial charge in [0.1, 0.15) is 11.5 Å². The number of hydrazone groups is 1. The Kier molecular flexibility index (Phi) is 5.85. The lowest BCUT2D eigenvalue weighted by Crippen LogP contribution is -2.46. The Hall–Kier alpha value is -3.85. The van der Waals surface area contributed by atoms with Crippen LogP contribution in [0.1, 0.15) is 15.9 Å². The monoisotopic (exact) mass is 420 g/mol. The van der Waals surface area contributed by atoms with Gasteiger partial charge in [-0.25, -0.2) is 4.39 Å². The van der Waals surface area contributed by atoms with E-state index in [9.17, 15) is 14.0 Å². The van der Waals surface area contributed by atoms with E-state index >= 15 is 0 Å². The number of halogens is 1. The number of carbonyl (C=O) groups excluding carboxylic acids is 1. The number of pyridine rings is 1. The van der Waals surface area contributed by atoms with E-state index in [0.717, 1.165) is 13.1 Å². The molecule has 1 fully saturated rings. The number of rotatable bonds is 4. The van der Waals surface area contributed by atoms with E-state index in [4.69, 9.17) is 5.84 Å². The molecule has 0 aliphatic carbocycles. The molecule has 2 aromatic carbocycles. The van der Waals surface area contributed by atoms with Crippen LogP contribution in [0.15, 0.2) is 63.4 Å². The third kappa shape index (κ3) is 4.51. The Bertz CT molecular complexity index is 1240. The molecule has 158 valence electrons. The maximum absolute atomic E-state index is 13.6. The van der Waals surface area contributed by atoms with Gasteiger partial charge in [-0.15, -0.1) is 0 Å². The number of piperazine rings is 1. The summed E-state index contributed by atoms with van der Waals surface area (Å²) in [5.41, 5.74) is 1.43. The maximum Gasteiger partial charge on any atom is 0.258 e. The molecule has 0 unspecified atom stereocenters. The van der Waals surface area contributed by atoms with Crippen molar-refractivity contribution in [2.75, 3.05) is 26.2 Å². The van der Waals surface area contributed by atoms with E-state index in [1.807, 2.05) is 0 Å². The molecule has 0 spiro atoms. The molecule has 3 aromatic rings. The van der Waals surface area contributed by atoms with Crippen molar-refractivity contribution in [1.29, 1.82) is 0 Å². The first-order chi connectivity index (χ1) is 15.0. The number of aromatic amines is 1. The molecule has 2 heterocycles. The highest BCUT2D eigenvalue weighted by atomic mass is 19.1. The summed E-state index contributed by atoms with van der Waals surface area (Å²) >= 11 is 0. The molecule has 1 saturated heterocycles. The van der Waals surface area contributed by atoms with Gasteiger partial charge in [-0.3, -0.25) is 14.6 Å². The summed E-state index contributed by atoms with van der Waals surface area (Å²) in [7, 11) is 0. The average Bonchev–Trinajstić information content (AvgIpc) is 2.80. The number of fused-ring (bicyclic) bond motifs is 1. The third-order valence-electron chi connectivity index (χ3n) is 5.05. The molecule has 0 saturated carbocycles. The van der Waals surface area contributed by atoms with Crippen LogP contribution >= 0.6 is 0 Å². The Labute approximate surface area is 177 Å². The van der Waals surface area contributed by atoms with Crippen LogP contribution in [0.5, 0.6) is 0 Å². The van der Waals surface area contributed by atoms with Crippen LogP contribution in [0, 0.1) is 5.82 Å². The SMILES string of the molecule is NN=C(C=Nc1cccc(C(=O)N2CCNCC2)c1)c1cc2cc(F)ccc2[nH]c1=O. The van der Waals surface area contributed by atoms with Crippen molar-refractivity contribution in [1.82, 2.24) is 15.2 Å². The van der Waals surface area contributed by atoms with Crippen LogP contribution in [-0.2, 0) is 0 Å². The summed E-state index contributed by atoms with van der Waals surface area (Å²) in [5, 5.41) is 7.39. The van der Waals surface area contributed by atoms with Gasteiger partial charge >= 0.3 is 0 Å². The average molecular weight is 420 g/mol. The molecule has 0 atom stereocenters. The van der Waals surface area contributed by atoms with Crippen LogP contribution in [0.25, 0.3) is 10.9 Å². The summed E-state index contributed by atoms with van der Waals surface area (Å²) in [5.74, 6) is 5.01. The number of amides is 1. The summed E-state index contributed by atoms with van der Waals surface area (Å²) < 4.78 is 13.6. The number of aliphatic imine (C=N–C) groups is 1. The van der Waals surface area contributed by atoms with Crippen LogP contribution in [0.2, 0.25) is 0 Å². The molecule has 31 heavy (non-hydrogen) atoms. The highest BCUT2D eigenvalue weighted by molar-refractivity contribution is 6.38. The van der Waals surface area contributed by atoms with Crippen molar-refractivity contribution in [3.05, 3.63) is 75.8 Å². The minimum atomic E-state index is -0.420. The summed E-state index contributed by atoms with van der Waals surface area (Å²) in [6.45, 7) is 2.84. The van der Waals surface area contributed by atoms with Gasteiger partial charge < -0.3 is 21.0 Å². The Morgan fingerprint density at radius 2 is 1.94 bits per heavy atom. The molecule has 1 aliphatic heterocycles. The molecule has 1 amide bonds. The predicted octanol–water partition coefficient (Wildman–Crippen LogP) is 1.78. The summed E-state index contributed by atoms with van der Waals surface area (Å²) in [4.78, 5) is 33.9. The largest absolute Gasteiger partial charge is 0.336 e. The fourth-order valence-electron chi connectivity index (χ4n) is 3.45. The van der Waals surface area contributed by atoms with Crippen LogP contribution < -0.4 is 16.7 Å². The first kappa shape index (κ1) is 20.4. The highest BCUT2D eigenvalue weighted by Crippen LogP contribution is 2.17. The molecule has 8 nitrogen and oxygen atoms in total. The van der Waals surface area contributed by atoms with Gasteiger partial charge in [0.2, 0.25) is 0 Å². The molecule has 0 radical (unpaired) electrons. The van der Waals surface area contributed by atoms with E-state index in [-0.39, 0.29) is 17.2 Å². The number of benzene rings is 2. The maximum atomic E-state index is 13.6. The van der Waals surface area contributed by atoms with Crippen molar-refractivity contribution >= 4 is 34.4 Å². The zero-order valence-electron chi connectivity index (χ0n) is 16.6. The number of nitrogens with zero attached hydrogens (tertiary/aromatic N) is 3. The van der Waals surface area contributed by atoms with Gasteiger partial charge in [0.05, 0.1) is 17.5 Å². The number of aromatic nitrogens is 1. The zero-order chi connectivity index (χ0) is 21.8. The molecule has 0 bridgehead atoms. The Morgan fingerprint density at radius 1 is 1.13 bits per heavy atom. The van der Waals surface area contributed by atoms with Crippen LogP contribution in [0.4, 0.5) is 10.1 Å². The van der Waals surface area contributed by atoms with Gasteiger partial charge in [-0.1, -0.05) is 6.07 Å². The summed E-state index contributed by atoms with van der Waals surface area (Å²) in [6.07, 6.45) is 1.35. The van der Waals surface area contributed by atoms with E-state index in [2.05, 4.69) is 20.4 Å². The number of nitrogens with one attached hydrogen (secondary N) is 2. The van der Waals surface area contributed by atoms with Gasteiger partial charge in [-0.05, 0) is 42.5 Å². The number of hydrogen-bond acceptors (Lipinski definition) is 6. The van der Waals surface area contributed by atoms with E-state index < -0.39 is 11.4 Å². The van der Waals surface area contributed by atoms with Crippen LogP contribution in [0.3, 0.4) is 0 Å². The third-order valence-corrected chi connectivity index (χ3v) is 5.05. The van der Waals surface area contributed by atoms with Crippen molar-refractivity contribution in [2.24, 2.45) is 15.9 Å². The minimum Gasteiger partial charge on any atom is -0.336 e. The first-order valence-electron chi connectivity index (χ1n) is 9.80. The molecule has 9 heteroatoms. The molecule has 4 N–H and O–H groups in total. The van der Waals surface area contributed by atoms with Gasteiger partial charge in [-0.2, -0.15) is 5.10 Å². The smallest absolute Gasteiger partial charge is 0.258 e. The van der Waals surface area contributed by atoms with Gasteiger partial charge in [0.15, 0.2) is 0 Å². The lowest BCUT2D eigenvalue weighted by atomic mass is 10.1. The topological polar surface area (TPSA) is 116 Å². The Morgan fingerprint density at radius 3 is 2.71 bits per heavy atom. The van der Waals surface area contributed by atoms with Crippen LogP contribution in [-0.4, -0.2) is 53.9 Å². The predicted molar refractivity (Wildman–Crippen MR) is 119 cm³/mol. The number of carbonyl (C=O) groups is 1. The van der Waals surface area contributed by atoms with Gasteiger partial charge in [0, 0.05) is 42.6 Å². The second kappa shape index (κ2) is 8.88. The van der Waals surface area contributed by atoms with Gasteiger partial charge in [0.25, 0.3) is 11.5 Å². The van der Waals surface area contributed by atoms with Crippen molar-refractivity contribution < 1.29 is 9.18 Å². The Balaban J connectivity index is 1.60. The molecule has 1 aliphatic rings. The van der Waals surface area contributed by atoms with Crippen molar-refractivity contribution in [3.8, 4) is 0 Å². The number of H-pyrrole nitrogens is 1. The second-order valence-corrected chi connectivity index (χ2v) is 7.11. The van der Waals surface area contributed by atoms with E-state index in [1.165, 1.54) is 30.5 Å². The number of nitrogens with two attached hydrogens (primary N) is 1. The quantitative estimate of drug-likeness (QED) is 0.339. The molecular formula is C22H21FN6O2. The minimum absolute atomic E-state index is 0.0562. The first-order valence-corrected chi connectivity index (χ1v) is 9.80.